The molecule has 1 aromatic heterocycles. The van der Waals surface area contributed by atoms with Crippen LogP contribution in [0.4, 0.5) is 0 Å². The number of hydrogen-bond donors (Lipinski definition) is 0. The van der Waals surface area contributed by atoms with Crippen LogP contribution >= 0.6 is 15.9 Å². The molecular weight excluding hydrogens is 346 g/mol. The summed E-state index contributed by atoms with van der Waals surface area (Å²) in [4.78, 5) is 31.0. The van der Waals surface area contributed by atoms with Gasteiger partial charge < -0.3 is 4.90 Å². The molecule has 1 saturated heterocycles. The largest absolute Gasteiger partial charge is 0.341 e. The van der Waals surface area contributed by atoms with E-state index in [1.165, 1.54) is 10.9 Å². The Labute approximate surface area is 137 Å². The maximum absolute atomic E-state index is 12.5. The van der Waals surface area contributed by atoms with Gasteiger partial charge in [0, 0.05) is 17.6 Å². The van der Waals surface area contributed by atoms with E-state index in [0.29, 0.717) is 16.8 Å². The zero-order chi connectivity index (χ0) is 15.7. The van der Waals surface area contributed by atoms with Crippen molar-refractivity contribution in [2.24, 2.45) is 5.92 Å². The van der Waals surface area contributed by atoms with Crippen molar-refractivity contribution in [3.05, 3.63) is 39.4 Å². The molecule has 2 aromatic rings. The molecule has 1 aliphatic heterocycles. The summed E-state index contributed by atoms with van der Waals surface area (Å²) in [5.74, 6) is 0.518. The van der Waals surface area contributed by atoms with Crippen molar-refractivity contribution in [2.75, 3.05) is 13.1 Å². The third-order valence-corrected chi connectivity index (χ3v) is 4.59. The zero-order valence-electron chi connectivity index (χ0n) is 12.5. The Hall–Kier alpha value is -1.69. The van der Waals surface area contributed by atoms with Gasteiger partial charge in [-0.25, -0.2) is 4.98 Å². The maximum Gasteiger partial charge on any atom is 0.261 e. The number of fused-ring (bicyclic) bond motifs is 1. The summed E-state index contributed by atoms with van der Waals surface area (Å²) in [6.45, 7) is 3.77. The summed E-state index contributed by atoms with van der Waals surface area (Å²) in [5, 5.41) is 0.525. The van der Waals surface area contributed by atoms with Gasteiger partial charge in [-0.3, -0.25) is 14.2 Å². The Kier molecular flexibility index (Phi) is 4.29. The van der Waals surface area contributed by atoms with E-state index in [0.717, 1.165) is 30.4 Å². The normalized spacial score (nSPS) is 18.6. The van der Waals surface area contributed by atoms with Gasteiger partial charge in [0.15, 0.2) is 0 Å². The lowest BCUT2D eigenvalue weighted by Crippen LogP contribution is -2.42. The van der Waals surface area contributed by atoms with E-state index < -0.39 is 0 Å². The number of carbonyl (C=O) groups is 1. The highest BCUT2D eigenvalue weighted by Crippen LogP contribution is 2.16. The number of hydrogen-bond acceptors (Lipinski definition) is 3. The molecule has 1 atom stereocenters. The van der Waals surface area contributed by atoms with Crippen LogP contribution in [0.2, 0.25) is 0 Å². The number of halogens is 1. The van der Waals surface area contributed by atoms with Crippen molar-refractivity contribution in [1.82, 2.24) is 14.5 Å². The standard InChI is InChI=1S/C16H18BrN3O2/c1-11-3-2-6-19(8-11)15(21)9-20-10-18-14-5-4-12(17)7-13(14)16(20)22/h4-5,7,10-11H,2-3,6,8-9H2,1H3/t11-/m1/s1. The van der Waals surface area contributed by atoms with Crippen LogP contribution in [-0.4, -0.2) is 33.4 Å². The second-order valence-electron chi connectivity index (χ2n) is 5.93. The van der Waals surface area contributed by atoms with E-state index in [1.807, 2.05) is 11.0 Å². The highest BCUT2D eigenvalue weighted by atomic mass is 79.9. The van der Waals surface area contributed by atoms with E-state index in [4.69, 9.17) is 0 Å². The molecule has 1 aliphatic rings. The number of piperidine rings is 1. The summed E-state index contributed by atoms with van der Waals surface area (Å²) >= 11 is 3.36. The van der Waals surface area contributed by atoms with Crippen molar-refractivity contribution in [3.63, 3.8) is 0 Å². The first-order valence-electron chi connectivity index (χ1n) is 7.47. The second kappa shape index (κ2) is 6.20. The fourth-order valence-electron chi connectivity index (χ4n) is 2.91. The fourth-order valence-corrected chi connectivity index (χ4v) is 3.27. The molecule has 0 aliphatic carbocycles. The van der Waals surface area contributed by atoms with Crippen LogP contribution < -0.4 is 5.56 Å². The molecule has 1 fully saturated rings. The smallest absolute Gasteiger partial charge is 0.261 e. The SMILES string of the molecule is C[C@@H]1CCCN(C(=O)Cn2cnc3ccc(Br)cc3c2=O)C1. The van der Waals surface area contributed by atoms with Gasteiger partial charge >= 0.3 is 0 Å². The topological polar surface area (TPSA) is 55.2 Å². The van der Waals surface area contributed by atoms with Crippen molar-refractivity contribution in [2.45, 2.75) is 26.3 Å². The molecule has 0 N–H and O–H groups in total. The summed E-state index contributed by atoms with van der Waals surface area (Å²) in [6, 6.07) is 5.38. The van der Waals surface area contributed by atoms with Gasteiger partial charge in [0.1, 0.15) is 6.54 Å². The maximum atomic E-state index is 12.5. The average Bonchev–Trinajstić information content (AvgIpc) is 2.50. The van der Waals surface area contributed by atoms with E-state index >= 15 is 0 Å². The number of benzene rings is 1. The minimum absolute atomic E-state index is 0.00945. The summed E-state index contributed by atoms with van der Waals surface area (Å²) in [6.07, 6.45) is 3.66. The molecule has 6 heteroatoms. The van der Waals surface area contributed by atoms with Crippen molar-refractivity contribution in [3.8, 4) is 0 Å². The van der Waals surface area contributed by atoms with Gasteiger partial charge in [-0.15, -0.1) is 0 Å². The molecular formula is C16H18BrN3O2. The van der Waals surface area contributed by atoms with Crippen LogP contribution in [-0.2, 0) is 11.3 Å². The quantitative estimate of drug-likeness (QED) is 0.823. The van der Waals surface area contributed by atoms with Crippen LogP contribution in [0.3, 0.4) is 0 Å². The van der Waals surface area contributed by atoms with E-state index in [1.54, 1.807) is 12.1 Å². The summed E-state index contributed by atoms with van der Waals surface area (Å²) < 4.78 is 2.23. The number of amides is 1. The molecule has 0 bridgehead atoms. The molecule has 0 spiro atoms. The Balaban J connectivity index is 1.86. The number of likely N-dealkylation sites (tertiary alicyclic amines) is 1. The first kappa shape index (κ1) is 15.2. The minimum atomic E-state index is -0.176. The van der Waals surface area contributed by atoms with Gasteiger partial charge in [-0.2, -0.15) is 0 Å². The Bertz CT molecular complexity index is 772. The molecule has 0 radical (unpaired) electrons. The van der Waals surface area contributed by atoms with Crippen LogP contribution in [0, 0.1) is 5.92 Å². The fraction of sp³-hybridized carbons (Fsp3) is 0.438. The van der Waals surface area contributed by atoms with Gasteiger partial charge in [0.05, 0.1) is 17.2 Å². The Morgan fingerprint density at radius 3 is 3.05 bits per heavy atom. The molecule has 0 unspecified atom stereocenters. The monoisotopic (exact) mass is 363 g/mol. The second-order valence-corrected chi connectivity index (χ2v) is 6.84. The summed E-state index contributed by atoms with van der Waals surface area (Å²) in [5.41, 5.74) is 0.466. The molecule has 1 amide bonds. The molecule has 116 valence electrons. The minimum Gasteiger partial charge on any atom is -0.341 e. The highest BCUT2D eigenvalue weighted by molar-refractivity contribution is 9.10. The first-order valence-corrected chi connectivity index (χ1v) is 8.26. The van der Waals surface area contributed by atoms with Gasteiger partial charge in [0.2, 0.25) is 5.91 Å². The Morgan fingerprint density at radius 2 is 2.27 bits per heavy atom. The summed E-state index contributed by atoms with van der Waals surface area (Å²) in [7, 11) is 0. The number of rotatable bonds is 2. The third-order valence-electron chi connectivity index (χ3n) is 4.10. The number of carbonyl (C=O) groups excluding carboxylic acids is 1. The molecule has 3 rings (SSSR count). The van der Waals surface area contributed by atoms with Gasteiger partial charge in [0.25, 0.3) is 5.56 Å². The van der Waals surface area contributed by atoms with E-state index in [2.05, 4.69) is 27.8 Å². The van der Waals surface area contributed by atoms with E-state index in [9.17, 15) is 9.59 Å². The predicted octanol–water partition coefficient (Wildman–Crippen LogP) is 2.42. The highest BCUT2D eigenvalue weighted by Gasteiger charge is 2.21. The number of nitrogens with zero attached hydrogens (tertiary/aromatic N) is 3. The van der Waals surface area contributed by atoms with Crippen LogP contribution in [0.15, 0.2) is 33.8 Å². The van der Waals surface area contributed by atoms with E-state index in [-0.39, 0.29) is 18.0 Å². The lowest BCUT2D eigenvalue weighted by Gasteiger charge is -2.31. The van der Waals surface area contributed by atoms with Crippen LogP contribution in [0.25, 0.3) is 10.9 Å². The Morgan fingerprint density at radius 1 is 1.45 bits per heavy atom. The molecule has 0 saturated carbocycles. The molecule has 5 nitrogen and oxygen atoms in total. The molecule has 2 heterocycles. The van der Waals surface area contributed by atoms with Crippen LogP contribution in [0.5, 0.6) is 0 Å². The van der Waals surface area contributed by atoms with Gasteiger partial charge in [-0.05, 0) is 37.0 Å². The third kappa shape index (κ3) is 3.06. The van der Waals surface area contributed by atoms with Gasteiger partial charge in [-0.1, -0.05) is 22.9 Å². The van der Waals surface area contributed by atoms with Crippen LogP contribution in [0.1, 0.15) is 19.8 Å². The van der Waals surface area contributed by atoms with Crippen molar-refractivity contribution >= 4 is 32.7 Å². The number of aromatic nitrogens is 2. The van der Waals surface area contributed by atoms with Crippen molar-refractivity contribution in [1.29, 1.82) is 0 Å². The predicted molar refractivity (Wildman–Crippen MR) is 88.7 cm³/mol. The molecule has 1 aromatic carbocycles. The lowest BCUT2D eigenvalue weighted by molar-refractivity contribution is -0.133. The molecule has 22 heavy (non-hydrogen) atoms. The average molecular weight is 364 g/mol. The lowest BCUT2D eigenvalue weighted by atomic mass is 10.0. The zero-order valence-corrected chi connectivity index (χ0v) is 14.0. The van der Waals surface area contributed by atoms with Crippen molar-refractivity contribution < 1.29 is 4.79 Å². The first-order chi connectivity index (χ1) is 10.5.